The monoisotopic (exact) mass is 310 g/mol. The van der Waals surface area contributed by atoms with E-state index >= 15 is 0 Å². The molecule has 0 spiro atoms. The Kier molecular flexibility index (Phi) is 3.01. The second-order valence-electron chi connectivity index (χ2n) is 6.25. The van der Waals surface area contributed by atoms with Crippen molar-refractivity contribution in [2.45, 2.75) is 24.5 Å². The Labute approximate surface area is 130 Å². The lowest BCUT2D eigenvalue weighted by atomic mass is 9.89. The first kappa shape index (κ1) is 13.8. The Morgan fingerprint density at radius 1 is 0.909 bits per heavy atom. The van der Waals surface area contributed by atoms with Gasteiger partial charge in [-0.15, -0.1) is 0 Å². The Hall–Kier alpha value is -1.87. The summed E-state index contributed by atoms with van der Waals surface area (Å²) in [7, 11) is -3.00. The van der Waals surface area contributed by atoms with Crippen molar-refractivity contribution < 1.29 is 8.42 Å². The molecule has 0 heterocycles. The lowest BCUT2D eigenvalue weighted by Gasteiger charge is -2.22. The zero-order chi connectivity index (χ0) is 15.3. The number of hydrogen-bond donors (Lipinski definition) is 0. The molecule has 2 aliphatic rings. The molecule has 2 nitrogen and oxygen atoms in total. The van der Waals surface area contributed by atoms with Gasteiger partial charge in [-0.2, -0.15) is 0 Å². The minimum Gasteiger partial charge on any atom is -0.229 e. The van der Waals surface area contributed by atoms with Gasteiger partial charge in [0.25, 0.3) is 0 Å². The van der Waals surface area contributed by atoms with E-state index in [1.165, 1.54) is 38.3 Å². The Morgan fingerprint density at radius 3 is 2.55 bits per heavy atom. The van der Waals surface area contributed by atoms with E-state index in [2.05, 4.69) is 48.6 Å². The highest BCUT2D eigenvalue weighted by molar-refractivity contribution is 7.91. The molecule has 2 aliphatic carbocycles. The van der Waals surface area contributed by atoms with Gasteiger partial charge in [-0.3, -0.25) is 0 Å². The molecule has 1 unspecified atom stereocenters. The van der Waals surface area contributed by atoms with Crippen LogP contribution in [0.15, 0.2) is 36.4 Å². The zero-order valence-electron chi connectivity index (χ0n) is 12.5. The van der Waals surface area contributed by atoms with Crippen LogP contribution in [0, 0.1) is 10.4 Å². The average Bonchev–Trinajstić information content (AvgIpc) is 2.53. The molecule has 0 aromatic heterocycles. The second kappa shape index (κ2) is 4.82. The average molecular weight is 310 g/mol. The van der Waals surface area contributed by atoms with Gasteiger partial charge in [-0.25, -0.2) is 8.42 Å². The lowest BCUT2D eigenvalue weighted by Crippen LogP contribution is -2.31. The predicted octanol–water partition coefficient (Wildman–Crippen LogP) is 1.45. The summed E-state index contributed by atoms with van der Waals surface area (Å²) in [6.45, 7) is 0. The fourth-order valence-electron chi connectivity index (χ4n) is 3.66. The molecule has 2 aromatic carbocycles. The van der Waals surface area contributed by atoms with Crippen molar-refractivity contribution in [3.63, 3.8) is 0 Å². The maximum absolute atomic E-state index is 11.9. The number of sulfone groups is 1. The molecule has 0 fully saturated rings. The van der Waals surface area contributed by atoms with Crippen LogP contribution in [0.4, 0.5) is 0 Å². The SMILES string of the molecule is CS(=O)(=O)C1CC=c2ccc3c(c2C1)CC=c1ccccc1=3. The highest BCUT2D eigenvalue weighted by atomic mass is 32.2. The van der Waals surface area contributed by atoms with E-state index in [1.807, 2.05) is 0 Å². The van der Waals surface area contributed by atoms with Gasteiger partial charge in [0.05, 0.1) is 5.25 Å². The van der Waals surface area contributed by atoms with Crippen molar-refractivity contribution >= 4 is 22.0 Å². The van der Waals surface area contributed by atoms with Gasteiger partial charge in [0.15, 0.2) is 9.84 Å². The van der Waals surface area contributed by atoms with Crippen LogP contribution in [0.25, 0.3) is 12.2 Å². The second-order valence-corrected chi connectivity index (χ2v) is 8.58. The van der Waals surface area contributed by atoms with Gasteiger partial charge in [0, 0.05) is 6.26 Å². The van der Waals surface area contributed by atoms with Gasteiger partial charge in [0.1, 0.15) is 0 Å². The van der Waals surface area contributed by atoms with Crippen LogP contribution in [0.2, 0.25) is 0 Å². The fraction of sp³-hybridized carbons (Fsp3) is 0.263. The normalized spacial score (nSPS) is 19.2. The van der Waals surface area contributed by atoms with Crippen molar-refractivity contribution in [1.82, 2.24) is 0 Å². The summed E-state index contributed by atoms with van der Waals surface area (Å²) in [4.78, 5) is 0. The van der Waals surface area contributed by atoms with Gasteiger partial charge in [0.2, 0.25) is 0 Å². The quantitative estimate of drug-likeness (QED) is 0.799. The maximum Gasteiger partial charge on any atom is 0.150 e. The van der Waals surface area contributed by atoms with Gasteiger partial charge < -0.3 is 0 Å². The third-order valence-corrected chi connectivity index (χ3v) is 6.45. The Bertz CT molecular complexity index is 1080. The van der Waals surface area contributed by atoms with Crippen LogP contribution < -0.4 is 10.4 Å². The van der Waals surface area contributed by atoms with E-state index in [0.717, 1.165) is 6.42 Å². The maximum atomic E-state index is 11.9. The Balaban J connectivity index is 2.04. The molecule has 0 amide bonds. The number of rotatable bonds is 1. The summed E-state index contributed by atoms with van der Waals surface area (Å²) in [6, 6.07) is 12.8. The highest BCUT2D eigenvalue weighted by Crippen LogP contribution is 2.21. The first-order valence-electron chi connectivity index (χ1n) is 7.63. The van der Waals surface area contributed by atoms with Crippen LogP contribution in [-0.2, 0) is 22.7 Å². The van der Waals surface area contributed by atoms with Crippen LogP contribution in [-0.4, -0.2) is 19.9 Å². The molecular formula is C19H18O2S. The smallest absolute Gasteiger partial charge is 0.150 e. The number of fused-ring (bicyclic) bond motifs is 4. The summed E-state index contributed by atoms with van der Waals surface area (Å²) < 4.78 is 23.9. The minimum atomic E-state index is -3.00. The van der Waals surface area contributed by atoms with Crippen molar-refractivity contribution in [3.05, 3.63) is 68.4 Å². The summed E-state index contributed by atoms with van der Waals surface area (Å²) in [5.74, 6) is 0. The molecular weight excluding hydrogens is 292 g/mol. The molecule has 0 saturated heterocycles. The Morgan fingerprint density at radius 2 is 1.73 bits per heavy atom. The molecule has 3 heteroatoms. The van der Waals surface area contributed by atoms with Crippen LogP contribution >= 0.6 is 0 Å². The van der Waals surface area contributed by atoms with Gasteiger partial charge >= 0.3 is 0 Å². The first-order chi connectivity index (χ1) is 10.5. The molecule has 2 aromatic rings. The summed E-state index contributed by atoms with van der Waals surface area (Å²) in [6.07, 6.45) is 7.86. The van der Waals surface area contributed by atoms with E-state index in [-0.39, 0.29) is 5.25 Å². The van der Waals surface area contributed by atoms with Crippen molar-refractivity contribution in [1.29, 1.82) is 0 Å². The molecule has 1 atom stereocenters. The molecule has 0 N–H and O–H groups in total. The topological polar surface area (TPSA) is 34.1 Å². The van der Waals surface area contributed by atoms with Crippen molar-refractivity contribution in [2.75, 3.05) is 6.26 Å². The van der Waals surface area contributed by atoms with E-state index in [1.54, 1.807) is 0 Å². The molecule has 0 saturated carbocycles. The van der Waals surface area contributed by atoms with Gasteiger partial charge in [-0.05, 0) is 51.3 Å². The van der Waals surface area contributed by atoms with Crippen molar-refractivity contribution in [2.24, 2.45) is 0 Å². The third kappa shape index (κ3) is 2.12. The molecule has 112 valence electrons. The summed E-state index contributed by atoms with van der Waals surface area (Å²) in [5.41, 5.74) is 2.53. The lowest BCUT2D eigenvalue weighted by molar-refractivity contribution is 0.583. The molecule has 22 heavy (non-hydrogen) atoms. The van der Waals surface area contributed by atoms with E-state index in [4.69, 9.17) is 0 Å². The molecule has 0 radical (unpaired) electrons. The van der Waals surface area contributed by atoms with E-state index < -0.39 is 9.84 Å². The number of benzene rings is 2. The van der Waals surface area contributed by atoms with E-state index in [0.29, 0.717) is 12.8 Å². The van der Waals surface area contributed by atoms with Crippen LogP contribution in [0.3, 0.4) is 0 Å². The van der Waals surface area contributed by atoms with Crippen LogP contribution in [0.5, 0.6) is 0 Å². The first-order valence-corrected chi connectivity index (χ1v) is 9.59. The summed E-state index contributed by atoms with van der Waals surface area (Å²) >= 11 is 0. The number of hydrogen-bond acceptors (Lipinski definition) is 2. The minimum absolute atomic E-state index is 0.274. The molecule has 4 rings (SSSR count). The van der Waals surface area contributed by atoms with Crippen molar-refractivity contribution in [3.8, 4) is 0 Å². The summed E-state index contributed by atoms with van der Waals surface area (Å²) in [5, 5.41) is 4.73. The standard InChI is InChI=1S/C19H18O2S/c1-22(20,21)15-9-6-14-8-10-17-16-5-3-2-4-13(16)7-11-18(17)19(14)12-15/h2-8,10,15H,9,11-12H2,1H3. The third-order valence-electron chi connectivity index (χ3n) is 4.88. The zero-order valence-corrected chi connectivity index (χ0v) is 13.4. The highest BCUT2D eigenvalue weighted by Gasteiger charge is 2.25. The van der Waals surface area contributed by atoms with Gasteiger partial charge in [-0.1, -0.05) is 48.6 Å². The molecule has 0 bridgehead atoms. The fourth-order valence-corrected chi connectivity index (χ4v) is 4.57. The molecule has 0 aliphatic heterocycles. The van der Waals surface area contributed by atoms with Crippen LogP contribution in [0.1, 0.15) is 17.5 Å². The largest absolute Gasteiger partial charge is 0.229 e. The van der Waals surface area contributed by atoms with E-state index in [9.17, 15) is 8.42 Å². The predicted molar refractivity (Wildman–Crippen MR) is 89.4 cm³/mol.